The first-order valence-electron chi connectivity index (χ1n) is 1.89. The first-order chi connectivity index (χ1) is 3.13. The van der Waals surface area contributed by atoms with Crippen molar-refractivity contribution in [3.63, 3.8) is 0 Å². The zero-order valence-corrected chi connectivity index (χ0v) is 4.42. The molecule has 0 bridgehead atoms. The van der Waals surface area contributed by atoms with E-state index in [1.165, 1.54) is 4.90 Å². The monoisotopic (exact) mass is 104 g/mol. The summed E-state index contributed by atoms with van der Waals surface area (Å²) in [5, 5.41) is 9.57. The Morgan fingerprint density at radius 3 is 2.14 bits per heavy atom. The van der Waals surface area contributed by atoms with Crippen LogP contribution in [0, 0.1) is 10.1 Å². The molecule has 0 saturated heterocycles. The Balaban J connectivity index is 3.13. The van der Waals surface area contributed by atoms with E-state index in [0.717, 1.165) is 0 Å². The molecule has 4 heteroatoms. The molecule has 0 saturated carbocycles. The molecule has 0 aliphatic rings. The minimum Gasteiger partial charge on any atom is -0.263 e. The predicted molar refractivity (Wildman–Crippen MR) is 25.5 cm³/mol. The average molecular weight is 104 g/mol. The maximum Gasteiger partial charge on any atom is 0.258 e. The van der Waals surface area contributed by atoms with Crippen LogP contribution < -0.4 is 0 Å². The van der Waals surface area contributed by atoms with E-state index in [0.29, 0.717) is 0 Å². The van der Waals surface area contributed by atoms with E-state index in [9.17, 15) is 10.1 Å². The molecule has 42 valence electrons. The van der Waals surface area contributed by atoms with Gasteiger partial charge in [-0.15, -0.1) is 0 Å². The van der Waals surface area contributed by atoms with Gasteiger partial charge in [-0.25, -0.2) is 4.90 Å². The van der Waals surface area contributed by atoms with Crippen molar-refractivity contribution >= 4 is 0 Å². The summed E-state index contributed by atoms with van der Waals surface area (Å²) in [5.74, 6) is 0. The Hall–Kier alpha value is -0.640. The highest BCUT2D eigenvalue weighted by atomic mass is 16.6. The maximum atomic E-state index is 9.57. The van der Waals surface area contributed by atoms with Gasteiger partial charge >= 0.3 is 0 Å². The lowest BCUT2D eigenvalue weighted by atomic mass is 10.9. The van der Waals surface area contributed by atoms with Gasteiger partial charge in [-0.2, -0.15) is 0 Å². The standard InChI is InChI=1S/C3H8N2O2/c1-4(2)3-5(6)7/h3H2,1-2H3. The number of hydrogen-bond donors (Lipinski definition) is 0. The number of hydrogen-bond acceptors (Lipinski definition) is 3. The van der Waals surface area contributed by atoms with Crippen molar-refractivity contribution in [1.82, 2.24) is 4.90 Å². The van der Waals surface area contributed by atoms with Crippen molar-refractivity contribution in [2.45, 2.75) is 0 Å². The second-order valence-electron chi connectivity index (χ2n) is 1.55. The molecular weight excluding hydrogens is 96.0 g/mol. The summed E-state index contributed by atoms with van der Waals surface area (Å²) in [4.78, 5) is 10.7. The zero-order chi connectivity index (χ0) is 5.86. The SMILES string of the molecule is CN(C)C[N+](=O)[O-]. The number of rotatable bonds is 2. The van der Waals surface area contributed by atoms with Gasteiger partial charge in [-0.1, -0.05) is 0 Å². The van der Waals surface area contributed by atoms with Crippen LogP contribution in [-0.4, -0.2) is 30.6 Å². The molecule has 0 heterocycles. The van der Waals surface area contributed by atoms with Crippen LogP contribution in [-0.2, 0) is 0 Å². The molecule has 0 aromatic carbocycles. The summed E-state index contributed by atoms with van der Waals surface area (Å²) in [6.07, 6.45) is 0. The second kappa shape index (κ2) is 2.52. The molecule has 0 unspecified atom stereocenters. The van der Waals surface area contributed by atoms with Crippen molar-refractivity contribution in [2.75, 3.05) is 20.8 Å². The Morgan fingerprint density at radius 2 is 2.14 bits per heavy atom. The van der Waals surface area contributed by atoms with Crippen LogP contribution >= 0.6 is 0 Å². The van der Waals surface area contributed by atoms with E-state index in [1.807, 2.05) is 0 Å². The predicted octanol–water partition coefficient (Wildman–Crippen LogP) is -0.218. The van der Waals surface area contributed by atoms with Gasteiger partial charge in [-0.3, -0.25) is 10.1 Å². The Kier molecular flexibility index (Phi) is 2.29. The van der Waals surface area contributed by atoms with Crippen LogP contribution in [0.15, 0.2) is 0 Å². The Morgan fingerprint density at radius 1 is 1.71 bits per heavy atom. The van der Waals surface area contributed by atoms with E-state index >= 15 is 0 Å². The van der Waals surface area contributed by atoms with Crippen LogP contribution in [0.3, 0.4) is 0 Å². The molecule has 0 rings (SSSR count). The maximum absolute atomic E-state index is 9.57. The fraction of sp³-hybridized carbons (Fsp3) is 1.00. The summed E-state index contributed by atoms with van der Waals surface area (Å²) in [6.45, 7) is -0.0833. The van der Waals surface area contributed by atoms with Gasteiger partial charge in [0.25, 0.3) is 6.67 Å². The summed E-state index contributed by atoms with van der Waals surface area (Å²) in [7, 11) is 3.31. The van der Waals surface area contributed by atoms with Crippen LogP contribution in [0.2, 0.25) is 0 Å². The van der Waals surface area contributed by atoms with Crippen molar-refractivity contribution in [3.8, 4) is 0 Å². The van der Waals surface area contributed by atoms with E-state index in [-0.39, 0.29) is 11.6 Å². The molecule has 0 atom stereocenters. The molecule has 0 spiro atoms. The molecule has 0 N–H and O–H groups in total. The lowest BCUT2D eigenvalue weighted by molar-refractivity contribution is -0.501. The van der Waals surface area contributed by atoms with Gasteiger partial charge in [0.05, 0.1) is 0 Å². The van der Waals surface area contributed by atoms with E-state index in [2.05, 4.69) is 0 Å². The van der Waals surface area contributed by atoms with Crippen LogP contribution in [0.4, 0.5) is 0 Å². The summed E-state index contributed by atoms with van der Waals surface area (Å²) in [5.41, 5.74) is 0. The van der Waals surface area contributed by atoms with E-state index in [1.54, 1.807) is 14.1 Å². The first kappa shape index (κ1) is 6.36. The topological polar surface area (TPSA) is 46.4 Å². The third-order valence-electron chi connectivity index (χ3n) is 0.398. The Bertz CT molecular complexity index is 71.3. The summed E-state index contributed by atoms with van der Waals surface area (Å²) in [6, 6.07) is 0. The molecular formula is C3H8N2O2. The third-order valence-corrected chi connectivity index (χ3v) is 0.398. The van der Waals surface area contributed by atoms with Gasteiger partial charge in [-0.05, 0) is 14.1 Å². The van der Waals surface area contributed by atoms with Gasteiger partial charge in [0.1, 0.15) is 0 Å². The summed E-state index contributed by atoms with van der Waals surface area (Å²) < 4.78 is 0. The smallest absolute Gasteiger partial charge is 0.258 e. The first-order valence-corrected chi connectivity index (χ1v) is 1.89. The molecule has 4 nitrogen and oxygen atoms in total. The lowest BCUT2D eigenvalue weighted by Crippen LogP contribution is -2.19. The summed E-state index contributed by atoms with van der Waals surface area (Å²) >= 11 is 0. The van der Waals surface area contributed by atoms with Crippen molar-refractivity contribution in [1.29, 1.82) is 0 Å². The molecule has 0 aliphatic heterocycles. The van der Waals surface area contributed by atoms with Crippen molar-refractivity contribution in [3.05, 3.63) is 10.1 Å². The lowest BCUT2D eigenvalue weighted by Gasteiger charge is -1.99. The van der Waals surface area contributed by atoms with E-state index in [4.69, 9.17) is 0 Å². The van der Waals surface area contributed by atoms with Gasteiger partial charge < -0.3 is 0 Å². The fourth-order valence-electron chi connectivity index (χ4n) is 0.231. The molecule has 7 heavy (non-hydrogen) atoms. The molecule has 0 aliphatic carbocycles. The molecule has 0 amide bonds. The van der Waals surface area contributed by atoms with Crippen LogP contribution in [0.25, 0.3) is 0 Å². The van der Waals surface area contributed by atoms with Gasteiger partial charge in [0.15, 0.2) is 0 Å². The number of nitrogens with zero attached hydrogens (tertiary/aromatic N) is 2. The van der Waals surface area contributed by atoms with Crippen molar-refractivity contribution < 1.29 is 4.92 Å². The molecule has 0 fully saturated rings. The van der Waals surface area contributed by atoms with E-state index < -0.39 is 0 Å². The minimum absolute atomic E-state index is 0.0833. The number of nitro groups is 1. The molecule has 0 radical (unpaired) electrons. The highest BCUT2D eigenvalue weighted by Crippen LogP contribution is 1.71. The van der Waals surface area contributed by atoms with Crippen molar-refractivity contribution in [2.24, 2.45) is 0 Å². The highest BCUT2D eigenvalue weighted by Gasteiger charge is 1.94. The average Bonchev–Trinajstić information content (AvgIpc) is 1.27. The highest BCUT2D eigenvalue weighted by molar-refractivity contribution is 4.22. The largest absolute Gasteiger partial charge is 0.263 e. The van der Waals surface area contributed by atoms with Crippen LogP contribution in [0.5, 0.6) is 0 Å². The zero-order valence-electron chi connectivity index (χ0n) is 4.42. The molecule has 0 aromatic rings. The quantitative estimate of drug-likeness (QED) is 0.276. The fourth-order valence-corrected chi connectivity index (χ4v) is 0.231. The Labute approximate surface area is 41.9 Å². The normalized spacial score (nSPS) is 9.57. The van der Waals surface area contributed by atoms with Gasteiger partial charge in [0, 0.05) is 4.92 Å². The van der Waals surface area contributed by atoms with Crippen LogP contribution in [0.1, 0.15) is 0 Å². The van der Waals surface area contributed by atoms with Gasteiger partial charge in [0.2, 0.25) is 0 Å². The third kappa shape index (κ3) is 5.36. The minimum atomic E-state index is -0.375. The second-order valence-corrected chi connectivity index (χ2v) is 1.55. The molecule has 0 aromatic heterocycles.